The lowest BCUT2D eigenvalue weighted by atomic mass is 10.0. The molecule has 0 aliphatic heterocycles. The van der Waals surface area contributed by atoms with Crippen molar-refractivity contribution in [2.24, 2.45) is 5.73 Å². The van der Waals surface area contributed by atoms with Gasteiger partial charge in [0.25, 0.3) is 0 Å². The predicted molar refractivity (Wildman–Crippen MR) is 123 cm³/mol. The normalized spacial score (nSPS) is 15.6. The maximum Gasteiger partial charge on any atom is 0.0483 e. The minimum absolute atomic E-state index is 0.300. The van der Waals surface area contributed by atoms with E-state index in [4.69, 9.17) is 11.5 Å². The molecule has 0 saturated heterocycles. The summed E-state index contributed by atoms with van der Waals surface area (Å²) in [5.74, 6) is 0. The van der Waals surface area contributed by atoms with Gasteiger partial charge in [0.2, 0.25) is 0 Å². The molecule has 146 valence electrons. The molecule has 1 unspecified atom stereocenters. The molecule has 3 aromatic carbocycles. The van der Waals surface area contributed by atoms with Crippen molar-refractivity contribution in [3.8, 4) is 0 Å². The van der Waals surface area contributed by atoms with Gasteiger partial charge in [-0.2, -0.15) is 0 Å². The predicted octanol–water partition coefficient (Wildman–Crippen LogP) is 5.19. The van der Waals surface area contributed by atoms with E-state index >= 15 is 0 Å². The quantitative estimate of drug-likeness (QED) is 0.443. The van der Waals surface area contributed by atoms with Crippen LogP contribution in [0.15, 0.2) is 96.7 Å². The first-order valence-corrected chi connectivity index (χ1v) is 9.85. The summed E-state index contributed by atoms with van der Waals surface area (Å²) in [6, 6.07) is 25.2. The lowest BCUT2D eigenvalue weighted by Crippen LogP contribution is -2.19. The average Bonchev–Trinajstić information content (AvgIpc) is 2.74. The van der Waals surface area contributed by atoms with Crippen molar-refractivity contribution in [3.63, 3.8) is 0 Å². The summed E-state index contributed by atoms with van der Waals surface area (Å²) in [6.07, 6.45) is 7.95. The van der Waals surface area contributed by atoms with Gasteiger partial charge in [0.15, 0.2) is 0 Å². The van der Waals surface area contributed by atoms with Crippen LogP contribution in [-0.2, 0) is 6.42 Å². The second-order valence-electron chi connectivity index (χ2n) is 7.37. The van der Waals surface area contributed by atoms with Crippen molar-refractivity contribution < 1.29 is 0 Å². The second kappa shape index (κ2) is 8.57. The highest BCUT2D eigenvalue weighted by atomic mass is 14.9. The van der Waals surface area contributed by atoms with E-state index in [0.29, 0.717) is 6.04 Å². The van der Waals surface area contributed by atoms with Crippen molar-refractivity contribution in [3.05, 3.63) is 108 Å². The van der Waals surface area contributed by atoms with Crippen LogP contribution in [0.2, 0.25) is 0 Å². The highest BCUT2D eigenvalue weighted by Gasteiger charge is 2.07. The Morgan fingerprint density at radius 3 is 1.83 bits per heavy atom. The molecule has 0 amide bonds. The topological polar surface area (TPSA) is 76.1 Å². The molecule has 0 bridgehead atoms. The molecule has 3 aromatic rings. The Bertz CT molecular complexity index is 1000. The van der Waals surface area contributed by atoms with Crippen LogP contribution < -0.4 is 22.1 Å². The fraction of sp³-hybridized carbons (Fsp3) is 0.120. The van der Waals surface area contributed by atoms with E-state index in [0.717, 1.165) is 41.3 Å². The third-order valence-corrected chi connectivity index (χ3v) is 5.00. The Hall–Kier alpha value is -3.66. The minimum Gasteiger partial charge on any atom is -0.399 e. The number of anilines is 4. The highest BCUT2D eigenvalue weighted by Crippen LogP contribution is 2.21. The SMILES string of the molecule is NC1=CCC(Nc2ccc(Cc3ccc(Nc4ccc(N)cc4)cc3)cc2)C=C1. The van der Waals surface area contributed by atoms with Crippen LogP contribution >= 0.6 is 0 Å². The van der Waals surface area contributed by atoms with Crippen LogP contribution in [0.3, 0.4) is 0 Å². The number of nitrogens with one attached hydrogen (secondary N) is 2. The van der Waals surface area contributed by atoms with Crippen LogP contribution in [0.4, 0.5) is 22.7 Å². The van der Waals surface area contributed by atoms with E-state index in [-0.39, 0.29) is 0 Å². The first-order valence-electron chi connectivity index (χ1n) is 9.85. The zero-order chi connectivity index (χ0) is 20.1. The molecule has 4 nitrogen and oxygen atoms in total. The number of allylic oxidation sites excluding steroid dienone is 1. The maximum absolute atomic E-state index is 5.77. The van der Waals surface area contributed by atoms with Crippen LogP contribution in [-0.4, -0.2) is 6.04 Å². The van der Waals surface area contributed by atoms with Gasteiger partial charge in [-0.3, -0.25) is 0 Å². The molecule has 0 aromatic heterocycles. The largest absolute Gasteiger partial charge is 0.399 e. The summed E-state index contributed by atoms with van der Waals surface area (Å²) >= 11 is 0. The molecule has 1 atom stereocenters. The molecule has 4 heteroatoms. The second-order valence-corrected chi connectivity index (χ2v) is 7.37. The number of rotatable bonds is 6. The molecule has 4 rings (SSSR count). The Kier molecular flexibility index (Phi) is 5.52. The van der Waals surface area contributed by atoms with E-state index in [9.17, 15) is 0 Å². The minimum atomic E-state index is 0.300. The van der Waals surface area contributed by atoms with Gasteiger partial charge >= 0.3 is 0 Å². The van der Waals surface area contributed by atoms with E-state index in [1.165, 1.54) is 11.1 Å². The molecule has 0 spiro atoms. The van der Waals surface area contributed by atoms with Crippen molar-refractivity contribution in [2.75, 3.05) is 16.4 Å². The van der Waals surface area contributed by atoms with E-state index in [1.807, 2.05) is 30.3 Å². The molecule has 1 aliphatic carbocycles. The smallest absolute Gasteiger partial charge is 0.0483 e. The number of nitrogens with two attached hydrogens (primary N) is 2. The molecule has 29 heavy (non-hydrogen) atoms. The Morgan fingerprint density at radius 2 is 1.28 bits per heavy atom. The molecule has 1 aliphatic rings. The first kappa shape index (κ1) is 18.7. The van der Waals surface area contributed by atoms with Gasteiger partial charge in [0.05, 0.1) is 0 Å². The molecule has 0 fully saturated rings. The molecule has 0 heterocycles. The van der Waals surface area contributed by atoms with Gasteiger partial charge in [-0.15, -0.1) is 0 Å². The monoisotopic (exact) mass is 382 g/mol. The first-order chi connectivity index (χ1) is 14.1. The summed E-state index contributed by atoms with van der Waals surface area (Å²) in [7, 11) is 0. The zero-order valence-electron chi connectivity index (χ0n) is 16.3. The molecule has 6 N–H and O–H groups in total. The third kappa shape index (κ3) is 5.20. The number of hydrogen-bond donors (Lipinski definition) is 4. The lowest BCUT2D eigenvalue weighted by Gasteiger charge is -2.18. The van der Waals surface area contributed by atoms with Crippen LogP contribution in [0.25, 0.3) is 0 Å². The molecule has 0 saturated carbocycles. The van der Waals surface area contributed by atoms with Crippen molar-refractivity contribution in [1.82, 2.24) is 0 Å². The Balaban J connectivity index is 1.33. The van der Waals surface area contributed by atoms with Gasteiger partial charge in [0.1, 0.15) is 0 Å². The average molecular weight is 383 g/mol. The fourth-order valence-electron chi connectivity index (χ4n) is 3.35. The number of hydrogen-bond acceptors (Lipinski definition) is 4. The standard InChI is InChI=1S/C25H26N4/c26-20-5-13-24(14-6-20)28-22-9-1-18(2-10-22)17-19-3-11-23(12-4-19)29-25-15-7-21(27)8-16-25/h1-15,25,28-29H,16-17,26-27H2. The van der Waals surface area contributed by atoms with E-state index in [1.54, 1.807) is 0 Å². The van der Waals surface area contributed by atoms with Gasteiger partial charge in [-0.05, 0) is 78.6 Å². The summed E-state index contributed by atoms with van der Waals surface area (Å²) in [6.45, 7) is 0. The van der Waals surface area contributed by atoms with Gasteiger partial charge < -0.3 is 22.1 Å². The van der Waals surface area contributed by atoms with Gasteiger partial charge in [0, 0.05) is 34.5 Å². The summed E-state index contributed by atoms with van der Waals surface area (Å²) < 4.78 is 0. The lowest BCUT2D eigenvalue weighted by molar-refractivity contribution is 0.871. The van der Waals surface area contributed by atoms with E-state index in [2.05, 4.69) is 71.3 Å². The van der Waals surface area contributed by atoms with Gasteiger partial charge in [-0.25, -0.2) is 0 Å². The highest BCUT2D eigenvalue weighted by molar-refractivity contribution is 5.62. The summed E-state index contributed by atoms with van der Waals surface area (Å²) in [5.41, 5.74) is 18.9. The van der Waals surface area contributed by atoms with Crippen LogP contribution in [0.5, 0.6) is 0 Å². The number of nitrogen functional groups attached to an aromatic ring is 1. The van der Waals surface area contributed by atoms with Crippen molar-refractivity contribution in [2.45, 2.75) is 18.9 Å². The summed E-state index contributed by atoms with van der Waals surface area (Å²) in [4.78, 5) is 0. The fourth-order valence-corrected chi connectivity index (χ4v) is 3.35. The van der Waals surface area contributed by atoms with Crippen LogP contribution in [0, 0.1) is 0 Å². The van der Waals surface area contributed by atoms with Crippen molar-refractivity contribution in [1.29, 1.82) is 0 Å². The maximum atomic E-state index is 5.77. The molecular formula is C25H26N4. The van der Waals surface area contributed by atoms with Gasteiger partial charge in [-0.1, -0.05) is 36.4 Å². The third-order valence-electron chi connectivity index (χ3n) is 5.00. The Labute approximate surface area is 171 Å². The molecule has 0 radical (unpaired) electrons. The van der Waals surface area contributed by atoms with E-state index < -0.39 is 0 Å². The van der Waals surface area contributed by atoms with Crippen molar-refractivity contribution >= 4 is 22.7 Å². The Morgan fingerprint density at radius 1 is 0.724 bits per heavy atom. The summed E-state index contributed by atoms with van der Waals surface area (Å²) in [5, 5.41) is 6.91. The number of benzene rings is 3. The van der Waals surface area contributed by atoms with Crippen LogP contribution in [0.1, 0.15) is 17.5 Å². The zero-order valence-corrected chi connectivity index (χ0v) is 16.3. The molecular weight excluding hydrogens is 356 g/mol.